The Hall–Kier alpha value is -3.14. The van der Waals surface area contributed by atoms with E-state index in [0.717, 1.165) is 16.6 Å². The van der Waals surface area contributed by atoms with Crippen molar-refractivity contribution in [1.29, 1.82) is 0 Å². The van der Waals surface area contributed by atoms with Crippen LogP contribution in [0.25, 0.3) is 0 Å². The Kier molecular flexibility index (Phi) is 7.38. The van der Waals surface area contributed by atoms with Gasteiger partial charge in [0, 0.05) is 23.9 Å². The highest BCUT2D eigenvalue weighted by atomic mass is 32.2. The van der Waals surface area contributed by atoms with Crippen LogP contribution in [0.4, 0.5) is 17.1 Å². The topological polar surface area (TPSA) is 119 Å². The third-order valence-corrected chi connectivity index (χ3v) is 5.28. The van der Waals surface area contributed by atoms with Crippen LogP contribution in [0.1, 0.15) is 27.2 Å². The Bertz CT molecular complexity index is 1020. The lowest BCUT2D eigenvalue weighted by Crippen LogP contribution is -2.47. The molecule has 0 saturated carbocycles. The molecule has 0 fully saturated rings. The van der Waals surface area contributed by atoms with Gasteiger partial charge in [0.05, 0.1) is 23.0 Å². The summed E-state index contributed by atoms with van der Waals surface area (Å²) in [5, 5.41) is 13.8. The zero-order valence-electron chi connectivity index (χ0n) is 17.2. The van der Waals surface area contributed by atoms with Crippen LogP contribution >= 0.6 is 0 Å². The molecule has 1 atom stereocenters. The van der Waals surface area contributed by atoms with Gasteiger partial charge in [-0.1, -0.05) is 19.1 Å². The summed E-state index contributed by atoms with van der Waals surface area (Å²) in [4.78, 5) is 23.4. The van der Waals surface area contributed by atoms with Crippen LogP contribution in [0.5, 0.6) is 5.75 Å². The molecule has 162 valence electrons. The molecule has 1 amide bonds. The smallest absolute Gasteiger partial charge is 0.271 e. The molecule has 9 nitrogen and oxygen atoms in total. The van der Waals surface area contributed by atoms with Crippen molar-refractivity contribution in [1.82, 2.24) is 0 Å². The SMILES string of the molecule is CCC(C(=O)Nc1cccc(OC(C)C)c1)N(c1cccc([N+](=O)[O-])c1)S(C)(=O)=O. The van der Waals surface area contributed by atoms with Gasteiger partial charge in [-0.3, -0.25) is 19.2 Å². The number of carbonyl (C=O) groups excluding carboxylic acids is 1. The molecule has 0 aliphatic carbocycles. The molecule has 2 rings (SSSR count). The van der Waals surface area contributed by atoms with Crippen LogP contribution in [0.15, 0.2) is 48.5 Å². The quantitative estimate of drug-likeness (QED) is 0.475. The highest BCUT2D eigenvalue weighted by molar-refractivity contribution is 7.92. The minimum Gasteiger partial charge on any atom is -0.491 e. The second kappa shape index (κ2) is 9.57. The lowest BCUT2D eigenvalue weighted by molar-refractivity contribution is -0.384. The number of hydrogen-bond acceptors (Lipinski definition) is 6. The predicted molar refractivity (Wildman–Crippen MR) is 115 cm³/mol. The maximum Gasteiger partial charge on any atom is 0.271 e. The van der Waals surface area contributed by atoms with Crippen molar-refractivity contribution < 1.29 is 22.9 Å². The number of nitrogens with one attached hydrogen (secondary N) is 1. The second-order valence-electron chi connectivity index (χ2n) is 6.94. The molecule has 0 aliphatic rings. The van der Waals surface area contributed by atoms with Crippen molar-refractivity contribution >= 4 is 33.0 Å². The molecule has 0 aromatic heterocycles. The first-order valence-corrected chi connectivity index (χ1v) is 11.2. The summed E-state index contributed by atoms with van der Waals surface area (Å²) in [5.41, 5.74) is 0.227. The molecule has 0 aliphatic heterocycles. The molecular weight excluding hydrogens is 410 g/mol. The van der Waals surface area contributed by atoms with Gasteiger partial charge in [0.1, 0.15) is 11.8 Å². The number of hydrogen-bond donors (Lipinski definition) is 1. The van der Waals surface area contributed by atoms with Gasteiger partial charge in [-0.15, -0.1) is 0 Å². The van der Waals surface area contributed by atoms with Crippen LogP contribution in [0, 0.1) is 10.1 Å². The second-order valence-corrected chi connectivity index (χ2v) is 8.80. The van der Waals surface area contributed by atoms with Crippen molar-refractivity contribution in [2.24, 2.45) is 0 Å². The fourth-order valence-electron chi connectivity index (χ4n) is 2.95. The Morgan fingerprint density at radius 2 is 1.87 bits per heavy atom. The van der Waals surface area contributed by atoms with E-state index in [2.05, 4.69) is 5.32 Å². The summed E-state index contributed by atoms with van der Waals surface area (Å²) in [6, 6.07) is 10.8. The molecule has 0 spiro atoms. The van der Waals surface area contributed by atoms with Gasteiger partial charge >= 0.3 is 0 Å². The molecule has 0 radical (unpaired) electrons. The number of sulfonamides is 1. The largest absolute Gasteiger partial charge is 0.491 e. The van der Waals surface area contributed by atoms with E-state index < -0.39 is 26.9 Å². The average molecular weight is 436 g/mol. The molecule has 1 unspecified atom stereocenters. The maximum atomic E-state index is 13.0. The number of rotatable bonds is 9. The van der Waals surface area contributed by atoms with E-state index in [9.17, 15) is 23.3 Å². The molecule has 30 heavy (non-hydrogen) atoms. The van der Waals surface area contributed by atoms with Gasteiger partial charge in [0.2, 0.25) is 15.9 Å². The fourth-order valence-corrected chi connectivity index (χ4v) is 4.15. The van der Waals surface area contributed by atoms with E-state index in [-0.39, 0.29) is 23.9 Å². The minimum atomic E-state index is -3.91. The van der Waals surface area contributed by atoms with Crippen LogP contribution in [0.2, 0.25) is 0 Å². The summed E-state index contributed by atoms with van der Waals surface area (Å²) in [6.45, 7) is 5.42. The zero-order valence-corrected chi connectivity index (χ0v) is 18.0. The maximum absolute atomic E-state index is 13.0. The molecule has 0 saturated heterocycles. The summed E-state index contributed by atoms with van der Waals surface area (Å²) in [7, 11) is -3.91. The van der Waals surface area contributed by atoms with E-state index in [4.69, 9.17) is 4.74 Å². The molecule has 10 heteroatoms. The summed E-state index contributed by atoms with van der Waals surface area (Å²) < 4.78 is 31.5. The van der Waals surface area contributed by atoms with Crippen LogP contribution < -0.4 is 14.4 Å². The highest BCUT2D eigenvalue weighted by Gasteiger charge is 2.32. The number of anilines is 2. The summed E-state index contributed by atoms with van der Waals surface area (Å²) in [6.07, 6.45) is 1.07. The van der Waals surface area contributed by atoms with Gasteiger partial charge in [-0.2, -0.15) is 0 Å². The first-order chi connectivity index (χ1) is 14.0. The Morgan fingerprint density at radius 1 is 1.20 bits per heavy atom. The van der Waals surface area contributed by atoms with Crippen LogP contribution in [0.3, 0.4) is 0 Å². The van der Waals surface area contributed by atoms with E-state index in [1.165, 1.54) is 18.2 Å². The highest BCUT2D eigenvalue weighted by Crippen LogP contribution is 2.27. The van der Waals surface area contributed by atoms with Crippen molar-refractivity contribution in [2.75, 3.05) is 15.9 Å². The number of nitro benzene ring substituents is 1. The third-order valence-electron chi connectivity index (χ3n) is 4.10. The Labute approximate surface area is 175 Å². The zero-order chi connectivity index (χ0) is 22.5. The van der Waals surface area contributed by atoms with Crippen molar-refractivity contribution in [2.45, 2.75) is 39.3 Å². The molecule has 0 heterocycles. The number of nitrogens with zero attached hydrogens (tertiary/aromatic N) is 2. The number of nitro groups is 1. The Balaban J connectivity index is 2.37. The number of ether oxygens (including phenoxy) is 1. The number of benzene rings is 2. The first-order valence-electron chi connectivity index (χ1n) is 9.34. The summed E-state index contributed by atoms with van der Waals surface area (Å²) >= 11 is 0. The molecular formula is C20H25N3O6S. The molecule has 2 aromatic carbocycles. The average Bonchev–Trinajstić information content (AvgIpc) is 2.64. The van der Waals surface area contributed by atoms with Gasteiger partial charge in [-0.25, -0.2) is 8.42 Å². The van der Waals surface area contributed by atoms with Gasteiger partial charge in [0.25, 0.3) is 5.69 Å². The van der Waals surface area contributed by atoms with E-state index in [0.29, 0.717) is 11.4 Å². The monoisotopic (exact) mass is 435 g/mol. The first kappa shape index (κ1) is 23.1. The number of carbonyl (C=O) groups is 1. The van der Waals surface area contributed by atoms with E-state index in [1.54, 1.807) is 31.2 Å². The summed E-state index contributed by atoms with van der Waals surface area (Å²) in [5.74, 6) is 0.00521. The Morgan fingerprint density at radius 3 is 2.43 bits per heavy atom. The van der Waals surface area contributed by atoms with Crippen LogP contribution in [-0.2, 0) is 14.8 Å². The molecule has 2 aromatic rings. The van der Waals surface area contributed by atoms with Gasteiger partial charge in [-0.05, 0) is 38.5 Å². The third kappa shape index (κ3) is 5.93. The van der Waals surface area contributed by atoms with E-state index in [1.807, 2.05) is 13.8 Å². The predicted octanol–water partition coefficient (Wildman–Crippen LogP) is 3.57. The van der Waals surface area contributed by atoms with Crippen LogP contribution in [-0.4, -0.2) is 37.6 Å². The normalized spacial score (nSPS) is 12.3. The van der Waals surface area contributed by atoms with Crippen molar-refractivity contribution in [3.63, 3.8) is 0 Å². The minimum absolute atomic E-state index is 0.0468. The standard InChI is InChI=1S/C20H25N3O6S/c1-5-19(20(24)21-15-8-6-11-18(12-15)29-14(2)3)22(30(4,27)28)16-9-7-10-17(13-16)23(25)26/h6-14,19H,5H2,1-4H3,(H,21,24). The number of amides is 1. The van der Waals surface area contributed by atoms with Gasteiger partial charge in [0.15, 0.2) is 0 Å². The van der Waals surface area contributed by atoms with Crippen molar-refractivity contribution in [3.05, 3.63) is 58.6 Å². The lowest BCUT2D eigenvalue weighted by atomic mass is 10.1. The van der Waals surface area contributed by atoms with E-state index >= 15 is 0 Å². The lowest BCUT2D eigenvalue weighted by Gasteiger charge is -2.30. The van der Waals surface area contributed by atoms with Crippen molar-refractivity contribution in [3.8, 4) is 5.75 Å². The molecule has 0 bridgehead atoms. The number of non-ortho nitro benzene ring substituents is 1. The van der Waals surface area contributed by atoms with Gasteiger partial charge < -0.3 is 10.1 Å². The molecule has 1 N–H and O–H groups in total. The fraction of sp³-hybridized carbons (Fsp3) is 0.350.